The summed E-state index contributed by atoms with van der Waals surface area (Å²) in [6, 6.07) is 2.47. The van der Waals surface area contributed by atoms with Crippen LogP contribution in [0.25, 0.3) is 0 Å². The number of nitrogens with zero attached hydrogens (tertiary/aromatic N) is 1. The normalized spacial score (nSPS) is 11.6. The highest BCUT2D eigenvalue weighted by molar-refractivity contribution is 7.92. The number of H-pyrrole nitrogens is 1. The number of nitrogens with one attached hydrogen (secondary N) is 2. The molecular weight excluding hydrogens is 283 g/mol. The number of rotatable bonds is 3. The fourth-order valence-electron chi connectivity index (χ4n) is 1.85. The van der Waals surface area contributed by atoms with Crippen molar-refractivity contribution in [1.82, 2.24) is 10.2 Å². The van der Waals surface area contributed by atoms with Gasteiger partial charge in [-0.3, -0.25) is 9.82 Å². The zero-order valence-corrected chi connectivity index (χ0v) is 12.1. The van der Waals surface area contributed by atoms with Crippen LogP contribution in [-0.4, -0.2) is 18.6 Å². The van der Waals surface area contributed by atoms with Gasteiger partial charge in [0.05, 0.1) is 17.1 Å². The van der Waals surface area contributed by atoms with Crippen LogP contribution < -0.4 is 10.5 Å². The van der Waals surface area contributed by atoms with Crippen LogP contribution in [0, 0.1) is 26.6 Å². The molecule has 20 heavy (non-hydrogen) atoms. The van der Waals surface area contributed by atoms with Gasteiger partial charge in [0.2, 0.25) is 0 Å². The van der Waals surface area contributed by atoms with Crippen LogP contribution in [0.1, 0.15) is 17.0 Å². The molecule has 0 aliphatic carbocycles. The molecule has 1 heterocycles. The number of nitrogens with two attached hydrogens (primary N) is 1. The number of nitrogen functional groups attached to an aromatic ring is 1. The first kappa shape index (κ1) is 14.3. The van der Waals surface area contributed by atoms with E-state index in [1.54, 1.807) is 13.8 Å². The molecule has 0 saturated heterocycles. The summed E-state index contributed by atoms with van der Waals surface area (Å²) >= 11 is 0. The van der Waals surface area contributed by atoms with Crippen molar-refractivity contribution in [2.24, 2.45) is 0 Å². The number of halogens is 1. The first-order valence-corrected chi connectivity index (χ1v) is 7.30. The monoisotopic (exact) mass is 298 g/mol. The fraction of sp³-hybridized carbons (Fsp3) is 0.250. The van der Waals surface area contributed by atoms with Crippen LogP contribution in [0.5, 0.6) is 0 Å². The minimum absolute atomic E-state index is 0.172. The standard InChI is InChI=1S/C12H15FN4O2S/c1-6-4-9(14)5-10(11(6)13)20(18,19)17-12-7(2)15-16-8(12)3/h4-5,17H,14H2,1-3H3,(H,15,16). The van der Waals surface area contributed by atoms with Crippen LogP contribution in [0.3, 0.4) is 0 Å². The number of benzene rings is 1. The predicted molar refractivity (Wildman–Crippen MR) is 74.4 cm³/mol. The molecule has 108 valence electrons. The number of hydrogen-bond donors (Lipinski definition) is 3. The van der Waals surface area contributed by atoms with Gasteiger partial charge in [-0.2, -0.15) is 5.10 Å². The number of anilines is 2. The van der Waals surface area contributed by atoms with Crippen molar-refractivity contribution in [2.75, 3.05) is 10.5 Å². The lowest BCUT2D eigenvalue weighted by Crippen LogP contribution is -2.16. The highest BCUT2D eigenvalue weighted by Gasteiger charge is 2.23. The molecule has 0 unspecified atom stereocenters. The highest BCUT2D eigenvalue weighted by atomic mass is 32.2. The predicted octanol–water partition coefficient (Wildman–Crippen LogP) is 1.86. The van der Waals surface area contributed by atoms with Gasteiger partial charge < -0.3 is 5.73 Å². The van der Waals surface area contributed by atoms with Gasteiger partial charge in [-0.1, -0.05) is 0 Å². The summed E-state index contributed by atoms with van der Waals surface area (Å²) in [5.41, 5.74) is 7.27. The zero-order valence-electron chi connectivity index (χ0n) is 11.3. The molecule has 8 heteroatoms. The quantitative estimate of drug-likeness (QED) is 0.753. The number of aromatic nitrogens is 2. The van der Waals surface area contributed by atoms with Gasteiger partial charge in [0, 0.05) is 5.69 Å². The van der Waals surface area contributed by atoms with Gasteiger partial charge in [0.1, 0.15) is 10.7 Å². The SMILES string of the molecule is Cc1cc(N)cc(S(=O)(=O)Nc2c(C)n[nH]c2C)c1F. The van der Waals surface area contributed by atoms with Crippen molar-refractivity contribution in [3.05, 3.63) is 34.9 Å². The van der Waals surface area contributed by atoms with Crippen molar-refractivity contribution >= 4 is 21.4 Å². The molecule has 0 bridgehead atoms. The van der Waals surface area contributed by atoms with Crippen molar-refractivity contribution in [3.8, 4) is 0 Å². The zero-order chi connectivity index (χ0) is 15.1. The second-order valence-electron chi connectivity index (χ2n) is 4.56. The third-order valence-electron chi connectivity index (χ3n) is 2.90. The molecule has 0 amide bonds. The third kappa shape index (κ3) is 2.46. The first-order chi connectivity index (χ1) is 9.22. The van der Waals surface area contributed by atoms with Gasteiger partial charge >= 0.3 is 0 Å². The lowest BCUT2D eigenvalue weighted by atomic mass is 10.2. The molecule has 0 aliphatic heterocycles. The topological polar surface area (TPSA) is 101 Å². The molecule has 0 radical (unpaired) electrons. The Morgan fingerprint density at radius 2 is 1.95 bits per heavy atom. The average Bonchev–Trinajstić information content (AvgIpc) is 2.65. The van der Waals surface area contributed by atoms with E-state index >= 15 is 0 Å². The summed E-state index contributed by atoms with van der Waals surface area (Å²) in [5.74, 6) is -0.814. The Morgan fingerprint density at radius 1 is 1.30 bits per heavy atom. The Bertz CT molecular complexity index is 749. The molecule has 0 atom stereocenters. The van der Waals surface area contributed by atoms with E-state index in [4.69, 9.17) is 5.73 Å². The molecule has 0 spiro atoms. The lowest BCUT2D eigenvalue weighted by Gasteiger charge is -2.11. The second kappa shape index (κ2) is 4.78. The Labute approximate surface area is 116 Å². The van der Waals surface area contributed by atoms with Crippen molar-refractivity contribution < 1.29 is 12.8 Å². The van der Waals surface area contributed by atoms with Crippen molar-refractivity contribution in [1.29, 1.82) is 0 Å². The molecule has 2 aromatic rings. The molecule has 1 aromatic carbocycles. The van der Waals surface area contributed by atoms with E-state index in [0.717, 1.165) is 6.07 Å². The van der Waals surface area contributed by atoms with E-state index in [1.807, 2.05) is 0 Å². The molecular formula is C12H15FN4O2S. The van der Waals surface area contributed by atoms with Crippen LogP contribution in [0.4, 0.5) is 15.8 Å². The fourth-order valence-corrected chi connectivity index (χ4v) is 3.22. The molecule has 6 nitrogen and oxygen atoms in total. The summed E-state index contributed by atoms with van der Waals surface area (Å²) in [6.45, 7) is 4.76. The first-order valence-electron chi connectivity index (χ1n) is 5.82. The number of aromatic amines is 1. The molecule has 1 aromatic heterocycles. The van der Waals surface area contributed by atoms with E-state index in [1.165, 1.54) is 13.0 Å². The third-order valence-corrected chi connectivity index (χ3v) is 4.25. The Hall–Kier alpha value is -2.09. The Kier molecular flexibility index (Phi) is 3.43. The maximum atomic E-state index is 14.0. The molecule has 0 aliphatic rings. The van der Waals surface area contributed by atoms with Crippen LogP contribution in [-0.2, 0) is 10.0 Å². The maximum absolute atomic E-state index is 14.0. The van der Waals surface area contributed by atoms with E-state index in [2.05, 4.69) is 14.9 Å². The number of hydrogen-bond acceptors (Lipinski definition) is 4. The Balaban J connectivity index is 2.52. The lowest BCUT2D eigenvalue weighted by molar-refractivity contribution is 0.565. The van der Waals surface area contributed by atoms with Crippen LogP contribution in [0.15, 0.2) is 17.0 Å². The molecule has 4 N–H and O–H groups in total. The van der Waals surface area contributed by atoms with E-state index in [9.17, 15) is 12.8 Å². The summed E-state index contributed by atoms with van der Waals surface area (Å²) < 4.78 is 40.9. The number of aryl methyl sites for hydroxylation is 3. The molecule has 0 saturated carbocycles. The van der Waals surface area contributed by atoms with Crippen molar-refractivity contribution in [3.63, 3.8) is 0 Å². The summed E-state index contributed by atoms with van der Waals surface area (Å²) in [6.07, 6.45) is 0. The van der Waals surface area contributed by atoms with E-state index in [-0.39, 0.29) is 11.3 Å². The van der Waals surface area contributed by atoms with Gasteiger partial charge in [-0.25, -0.2) is 12.8 Å². The van der Waals surface area contributed by atoms with Gasteiger partial charge in [-0.15, -0.1) is 0 Å². The van der Waals surface area contributed by atoms with Crippen LogP contribution >= 0.6 is 0 Å². The largest absolute Gasteiger partial charge is 0.399 e. The van der Waals surface area contributed by atoms with Gasteiger partial charge in [-0.05, 0) is 38.5 Å². The molecule has 2 rings (SSSR count). The average molecular weight is 298 g/mol. The maximum Gasteiger partial charge on any atom is 0.265 e. The smallest absolute Gasteiger partial charge is 0.265 e. The minimum atomic E-state index is -4.07. The summed E-state index contributed by atoms with van der Waals surface area (Å²) in [7, 11) is -4.07. The Morgan fingerprint density at radius 3 is 2.50 bits per heavy atom. The van der Waals surface area contributed by atoms with E-state index < -0.39 is 20.7 Å². The van der Waals surface area contributed by atoms with Gasteiger partial charge in [0.15, 0.2) is 0 Å². The summed E-state index contributed by atoms with van der Waals surface area (Å²) in [4.78, 5) is -0.477. The van der Waals surface area contributed by atoms with Crippen LogP contribution in [0.2, 0.25) is 0 Å². The number of sulfonamides is 1. The highest BCUT2D eigenvalue weighted by Crippen LogP contribution is 2.25. The van der Waals surface area contributed by atoms with Gasteiger partial charge in [0.25, 0.3) is 10.0 Å². The second-order valence-corrected chi connectivity index (χ2v) is 6.22. The molecule has 0 fully saturated rings. The summed E-state index contributed by atoms with van der Waals surface area (Å²) in [5, 5.41) is 6.53. The van der Waals surface area contributed by atoms with Crippen molar-refractivity contribution in [2.45, 2.75) is 25.7 Å². The van der Waals surface area contributed by atoms with E-state index in [0.29, 0.717) is 17.1 Å². The minimum Gasteiger partial charge on any atom is -0.399 e.